The molecule has 124 valence electrons. The molecule has 3 rings (SSSR count). The number of aliphatic hydroxyl groups excluding tert-OH is 3. The third-order valence-corrected chi connectivity index (χ3v) is 3.98. The first-order valence-electron chi connectivity index (χ1n) is 7.27. The first-order valence-corrected chi connectivity index (χ1v) is 7.27. The SMILES string of the molecule is Cc1cc(=O)oc2cc(O[C@H]3O[C@@H](C)[C@H](O)[C@H](O)[C@H]3O)ccc12. The Morgan fingerprint density at radius 1 is 1.09 bits per heavy atom. The van der Waals surface area contributed by atoms with Crippen LogP contribution in [0.5, 0.6) is 5.75 Å². The van der Waals surface area contributed by atoms with Gasteiger partial charge in [-0.2, -0.15) is 0 Å². The lowest BCUT2D eigenvalue weighted by Gasteiger charge is -2.38. The highest BCUT2D eigenvalue weighted by Gasteiger charge is 2.43. The summed E-state index contributed by atoms with van der Waals surface area (Å²) in [6, 6.07) is 6.29. The standard InChI is InChI=1S/C16H18O7/c1-7-5-12(17)23-11-6-9(3-4-10(7)11)22-16-15(20)14(19)13(18)8(2)21-16/h3-6,8,13-16,18-20H,1-2H3/t8-,13-,14-,15+,16+/m0/s1. The minimum absolute atomic E-state index is 0.311. The molecule has 1 saturated heterocycles. The van der Waals surface area contributed by atoms with Crippen molar-refractivity contribution in [3.05, 3.63) is 40.2 Å². The van der Waals surface area contributed by atoms with Gasteiger partial charge in [-0.25, -0.2) is 4.79 Å². The Balaban J connectivity index is 1.88. The van der Waals surface area contributed by atoms with Crippen molar-refractivity contribution in [1.29, 1.82) is 0 Å². The Labute approximate surface area is 131 Å². The van der Waals surface area contributed by atoms with Crippen LogP contribution >= 0.6 is 0 Å². The molecule has 0 radical (unpaired) electrons. The van der Waals surface area contributed by atoms with Crippen molar-refractivity contribution >= 4 is 11.0 Å². The summed E-state index contributed by atoms with van der Waals surface area (Å²) in [6.07, 6.45) is -5.80. The minimum Gasteiger partial charge on any atom is -0.462 e. The molecule has 23 heavy (non-hydrogen) atoms. The maximum atomic E-state index is 11.4. The molecule has 0 spiro atoms. The molecular weight excluding hydrogens is 304 g/mol. The fraction of sp³-hybridized carbons (Fsp3) is 0.438. The normalized spacial score (nSPS) is 31.3. The van der Waals surface area contributed by atoms with Crippen molar-refractivity contribution < 1.29 is 29.2 Å². The van der Waals surface area contributed by atoms with Gasteiger partial charge in [0.1, 0.15) is 29.6 Å². The van der Waals surface area contributed by atoms with E-state index in [1.807, 2.05) is 0 Å². The maximum Gasteiger partial charge on any atom is 0.336 e. The molecule has 0 unspecified atom stereocenters. The Kier molecular flexibility index (Phi) is 4.11. The van der Waals surface area contributed by atoms with Crippen molar-refractivity contribution in [2.45, 2.75) is 44.6 Å². The largest absolute Gasteiger partial charge is 0.462 e. The number of ether oxygens (including phenoxy) is 2. The molecule has 2 aromatic rings. The monoisotopic (exact) mass is 322 g/mol. The van der Waals surface area contributed by atoms with Crippen molar-refractivity contribution in [2.75, 3.05) is 0 Å². The average Bonchev–Trinajstić information content (AvgIpc) is 2.50. The van der Waals surface area contributed by atoms with E-state index in [0.717, 1.165) is 10.9 Å². The second kappa shape index (κ2) is 5.93. The average molecular weight is 322 g/mol. The van der Waals surface area contributed by atoms with Crippen molar-refractivity contribution in [3.63, 3.8) is 0 Å². The summed E-state index contributed by atoms with van der Waals surface area (Å²) in [5.41, 5.74) is 0.670. The third kappa shape index (κ3) is 2.96. The summed E-state index contributed by atoms with van der Waals surface area (Å²) in [5.74, 6) is 0.311. The maximum absolute atomic E-state index is 11.4. The second-order valence-corrected chi connectivity index (χ2v) is 5.71. The lowest BCUT2D eigenvalue weighted by Crippen LogP contribution is -2.58. The van der Waals surface area contributed by atoms with Crippen LogP contribution in [0.25, 0.3) is 11.0 Å². The molecule has 0 amide bonds. The van der Waals surface area contributed by atoms with E-state index in [-0.39, 0.29) is 0 Å². The van der Waals surface area contributed by atoms with Gasteiger partial charge < -0.3 is 29.2 Å². The molecular formula is C16H18O7. The highest BCUT2D eigenvalue weighted by Crippen LogP contribution is 2.27. The smallest absolute Gasteiger partial charge is 0.336 e. The van der Waals surface area contributed by atoms with Gasteiger partial charge in [0.15, 0.2) is 0 Å². The van der Waals surface area contributed by atoms with E-state index in [0.29, 0.717) is 11.3 Å². The van der Waals surface area contributed by atoms with E-state index in [2.05, 4.69) is 0 Å². The molecule has 1 aliphatic rings. The molecule has 1 aliphatic heterocycles. The van der Waals surface area contributed by atoms with Crippen LogP contribution < -0.4 is 10.4 Å². The quantitative estimate of drug-likeness (QED) is 0.683. The second-order valence-electron chi connectivity index (χ2n) is 5.71. The lowest BCUT2D eigenvalue weighted by atomic mass is 10.00. The van der Waals surface area contributed by atoms with Crippen LogP contribution in [0.2, 0.25) is 0 Å². The summed E-state index contributed by atoms with van der Waals surface area (Å²) >= 11 is 0. The molecule has 0 saturated carbocycles. The van der Waals surface area contributed by atoms with Crippen molar-refractivity contribution in [3.8, 4) is 5.75 Å². The van der Waals surface area contributed by atoms with Gasteiger partial charge >= 0.3 is 5.63 Å². The zero-order valence-electron chi connectivity index (χ0n) is 12.7. The highest BCUT2D eigenvalue weighted by atomic mass is 16.7. The van der Waals surface area contributed by atoms with Gasteiger partial charge in [0, 0.05) is 17.5 Å². The molecule has 1 aromatic carbocycles. The van der Waals surface area contributed by atoms with Gasteiger partial charge in [-0.15, -0.1) is 0 Å². The van der Waals surface area contributed by atoms with Crippen LogP contribution in [-0.2, 0) is 4.74 Å². The van der Waals surface area contributed by atoms with Crippen molar-refractivity contribution in [2.24, 2.45) is 0 Å². The topological polar surface area (TPSA) is 109 Å². The Morgan fingerprint density at radius 2 is 1.83 bits per heavy atom. The molecule has 0 bridgehead atoms. The fourth-order valence-electron chi connectivity index (χ4n) is 2.62. The molecule has 1 fully saturated rings. The summed E-state index contributed by atoms with van der Waals surface area (Å²) in [4.78, 5) is 11.4. The van der Waals surface area contributed by atoms with Crippen LogP contribution in [0.3, 0.4) is 0 Å². The lowest BCUT2D eigenvalue weighted by molar-refractivity contribution is -0.268. The molecule has 3 N–H and O–H groups in total. The number of hydrogen-bond donors (Lipinski definition) is 3. The molecule has 5 atom stereocenters. The van der Waals surface area contributed by atoms with Crippen LogP contribution in [0.1, 0.15) is 12.5 Å². The van der Waals surface area contributed by atoms with Crippen LogP contribution in [-0.4, -0.2) is 46.0 Å². The number of aliphatic hydroxyl groups is 3. The Bertz CT molecular complexity index is 769. The minimum atomic E-state index is -1.40. The van der Waals surface area contributed by atoms with Gasteiger partial charge in [-0.05, 0) is 31.5 Å². The van der Waals surface area contributed by atoms with E-state index >= 15 is 0 Å². The van der Waals surface area contributed by atoms with E-state index < -0.39 is 36.3 Å². The zero-order valence-corrected chi connectivity index (χ0v) is 12.7. The van der Waals surface area contributed by atoms with Crippen LogP contribution in [0, 0.1) is 6.92 Å². The molecule has 7 nitrogen and oxygen atoms in total. The molecule has 0 aliphatic carbocycles. The summed E-state index contributed by atoms with van der Waals surface area (Å²) < 4.78 is 16.0. The third-order valence-electron chi connectivity index (χ3n) is 3.98. The van der Waals surface area contributed by atoms with E-state index in [4.69, 9.17) is 13.9 Å². The number of rotatable bonds is 2. The number of fused-ring (bicyclic) bond motifs is 1. The number of hydrogen-bond acceptors (Lipinski definition) is 7. The van der Waals surface area contributed by atoms with E-state index in [1.165, 1.54) is 12.1 Å². The predicted octanol–water partition coefficient (Wildman–Crippen LogP) is 0.308. The molecule has 2 heterocycles. The first kappa shape index (κ1) is 15.9. The van der Waals surface area contributed by atoms with Crippen LogP contribution in [0.15, 0.2) is 33.5 Å². The van der Waals surface area contributed by atoms with E-state index in [9.17, 15) is 20.1 Å². The number of aryl methyl sites for hydroxylation is 1. The zero-order chi connectivity index (χ0) is 16.7. The summed E-state index contributed by atoms with van der Waals surface area (Å²) in [7, 11) is 0. The van der Waals surface area contributed by atoms with Crippen molar-refractivity contribution in [1.82, 2.24) is 0 Å². The summed E-state index contributed by atoms with van der Waals surface area (Å²) in [6.45, 7) is 3.37. The van der Waals surface area contributed by atoms with E-state index in [1.54, 1.807) is 26.0 Å². The van der Waals surface area contributed by atoms with Gasteiger partial charge in [0.2, 0.25) is 6.29 Å². The fourth-order valence-corrected chi connectivity index (χ4v) is 2.62. The summed E-state index contributed by atoms with van der Waals surface area (Å²) in [5, 5.41) is 30.2. The predicted molar refractivity (Wildman–Crippen MR) is 80.2 cm³/mol. The molecule has 7 heteroatoms. The molecule has 1 aromatic heterocycles. The van der Waals surface area contributed by atoms with Crippen LogP contribution in [0.4, 0.5) is 0 Å². The Hall–Kier alpha value is -1.93. The van der Waals surface area contributed by atoms with Gasteiger partial charge in [0.05, 0.1) is 6.10 Å². The number of benzene rings is 1. The van der Waals surface area contributed by atoms with Gasteiger partial charge in [0.25, 0.3) is 0 Å². The highest BCUT2D eigenvalue weighted by molar-refractivity contribution is 5.81. The van der Waals surface area contributed by atoms with Gasteiger partial charge in [-0.3, -0.25) is 0 Å². The Morgan fingerprint density at radius 3 is 2.57 bits per heavy atom. The first-order chi connectivity index (χ1) is 10.9. The van der Waals surface area contributed by atoms with Gasteiger partial charge in [-0.1, -0.05) is 0 Å².